The number of hydrogen-bond acceptors (Lipinski definition) is 7. The van der Waals surface area contributed by atoms with Crippen molar-refractivity contribution < 1.29 is 15.0 Å². The summed E-state index contributed by atoms with van der Waals surface area (Å²) in [7, 11) is 1.69. The number of aryl methyl sites for hydroxylation is 2. The van der Waals surface area contributed by atoms with Crippen LogP contribution in [-0.2, 0) is 33.0 Å². The second kappa shape index (κ2) is 10.5. The fourth-order valence-corrected chi connectivity index (χ4v) is 6.53. The van der Waals surface area contributed by atoms with Crippen molar-refractivity contribution in [2.75, 3.05) is 34.8 Å². The van der Waals surface area contributed by atoms with E-state index in [0.29, 0.717) is 42.4 Å². The van der Waals surface area contributed by atoms with E-state index in [4.69, 9.17) is 0 Å². The van der Waals surface area contributed by atoms with Crippen molar-refractivity contribution >= 4 is 28.8 Å². The number of hydrogen-bond donors (Lipinski definition) is 3. The monoisotopic (exact) mass is 566 g/mol. The maximum Gasteiger partial charge on any atom is 0.274 e. The van der Waals surface area contributed by atoms with Crippen LogP contribution in [0.5, 0.6) is 0 Å². The minimum absolute atomic E-state index is 0.0485. The van der Waals surface area contributed by atoms with Gasteiger partial charge in [0.05, 0.1) is 30.3 Å². The highest BCUT2D eigenvalue weighted by Crippen LogP contribution is 2.36. The summed E-state index contributed by atoms with van der Waals surface area (Å²) < 4.78 is 3.69. The minimum atomic E-state index is -0.305. The van der Waals surface area contributed by atoms with Gasteiger partial charge in [0.25, 0.3) is 11.5 Å². The SMILES string of the molecule is Cn1cc(-c2cccc(N3CCn4c(cc5c4CCCC5)C3=O)c2CO)cc(Nc2ccc(N3CC(O)C3)cn2)c1=O. The third-order valence-electron chi connectivity index (χ3n) is 8.75. The highest BCUT2D eigenvalue weighted by molar-refractivity contribution is 6.07. The van der Waals surface area contributed by atoms with Crippen LogP contribution in [0, 0.1) is 0 Å². The number of aromatic nitrogens is 3. The van der Waals surface area contributed by atoms with Gasteiger partial charge in [-0.15, -0.1) is 0 Å². The second-order valence-electron chi connectivity index (χ2n) is 11.4. The molecule has 3 aliphatic rings. The summed E-state index contributed by atoms with van der Waals surface area (Å²) in [5, 5.41) is 23.3. The van der Waals surface area contributed by atoms with Crippen LogP contribution in [0.3, 0.4) is 0 Å². The van der Waals surface area contributed by atoms with Crippen LogP contribution in [0.4, 0.5) is 22.9 Å². The predicted octanol–water partition coefficient (Wildman–Crippen LogP) is 3.20. The molecular weight excluding hydrogens is 532 g/mol. The van der Waals surface area contributed by atoms with Crippen LogP contribution < -0.4 is 20.7 Å². The molecule has 0 saturated carbocycles. The number of aliphatic hydroxyl groups is 2. The average molecular weight is 567 g/mol. The zero-order valence-electron chi connectivity index (χ0n) is 23.6. The first-order valence-electron chi connectivity index (χ1n) is 14.5. The summed E-state index contributed by atoms with van der Waals surface area (Å²) in [6.45, 7) is 2.17. The lowest BCUT2D eigenvalue weighted by molar-refractivity contribution is 0.0964. The summed E-state index contributed by atoms with van der Waals surface area (Å²) in [6.07, 6.45) is 7.52. The van der Waals surface area contributed by atoms with Gasteiger partial charge in [-0.3, -0.25) is 9.59 Å². The van der Waals surface area contributed by atoms with Gasteiger partial charge in [-0.25, -0.2) is 4.98 Å². The van der Waals surface area contributed by atoms with Gasteiger partial charge in [0.1, 0.15) is 17.2 Å². The molecule has 4 aromatic rings. The Kier molecular flexibility index (Phi) is 6.59. The van der Waals surface area contributed by atoms with E-state index in [1.54, 1.807) is 30.4 Å². The van der Waals surface area contributed by atoms with Crippen molar-refractivity contribution in [3.63, 3.8) is 0 Å². The molecule has 1 fully saturated rings. The standard InChI is InChI=1S/C32H34N6O4/c1-35-16-21(13-26(31(35)41)34-30-10-9-22(15-33-30)36-17-23(40)18-36)24-6-4-8-28(25(24)19-39)38-12-11-37-27-7-3-2-5-20(27)14-29(37)32(38)42/h4,6,8-10,13-16,23,39-40H,2-3,5,7,11-12,17-19H2,1H3,(H,33,34). The van der Waals surface area contributed by atoms with E-state index < -0.39 is 0 Å². The van der Waals surface area contributed by atoms with Gasteiger partial charge in [0, 0.05) is 56.2 Å². The maximum atomic E-state index is 13.8. The number of nitrogens with zero attached hydrogens (tertiary/aromatic N) is 5. The van der Waals surface area contributed by atoms with Crippen LogP contribution in [-0.4, -0.2) is 56.0 Å². The van der Waals surface area contributed by atoms with Gasteiger partial charge >= 0.3 is 0 Å². The zero-order valence-corrected chi connectivity index (χ0v) is 23.6. The number of aliphatic hydroxyl groups excluding tert-OH is 2. The Morgan fingerprint density at radius 2 is 1.88 bits per heavy atom. The first-order chi connectivity index (χ1) is 20.4. The van der Waals surface area contributed by atoms with Crippen molar-refractivity contribution in [3.05, 3.63) is 87.7 Å². The molecule has 1 aromatic carbocycles. The number of benzene rings is 1. The zero-order chi connectivity index (χ0) is 29.0. The molecule has 3 aromatic heterocycles. The third-order valence-corrected chi connectivity index (χ3v) is 8.75. The number of rotatable bonds is 6. The predicted molar refractivity (Wildman–Crippen MR) is 162 cm³/mol. The first-order valence-corrected chi connectivity index (χ1v) is 14.5. The fraction of sp³-hybridized carbons (Fsp3) is 0.344. The van der Waals surface area contributed by atoms with Gasteiger partial charge in [-0.1, -0.05) is 12.1 Å². The molecule has 1 amide bonds. The van der Waals surface area contributed by atoms with Gasteiger partial charge < -0.3 is 34.5 Å². The number of β-amino-alcohol motifs (C(OH)–C–C–N with tert-alkyl or cyclic N) is 1. The summed E-state index contributed by atoms with van der Waals surface area (Å²) in [6, 6.07) is 13.2. The molecule has 3 N–H and O–H groups in total. The second-order valence-corrected chi connectivity index (χ2v) is 11.4. The first kappa shape index (κ1) is 26.5. The van der Waals surface area contributed by atoms with Gasteiger partial charge in [0.15, 0.2) is 0 Å². The van der Waals surface area contributed by atoms with Crippen molar-refractivity contribution in [1.29, 1.82) is 0 Å². The average Bonchev–Trinajstić information content (AvgIpc) is 3.38. The van der Waals surface area contributed by atoms with E-state index in [9.17, 15) is 19.8 Å². The molecule has 0 bridgehead atoms. The molecule has 10 nitrogen and oxygen atoms in total. The molecule has 0 spiro atoms. The van der Waals surface area contributed by atoms with Crippen LogP contribution in [0.25, 0.3) is 11.1 Å². The van der Waals surface area contributed by atoms with Crippen molar-refractivity contribution in [1.82, 2.24) is 14.1 Å². The van der Waals surface area contributed by atoms with Gasteiger partial charge in [-0.05, 0) is 67.1 Å². The Morgan fingerprint density at radius 3 is 2.64 bits per heavy atom. The van der Waals surface area contributed by atoms with Crippen LogP contribution in [0.15, 0.2) is 59.7 Å². The Hall–Kier alpha value is -4.41. The number of carbonyl (C=O) groups excluding carboxylic acids is 1. The molecule has 1 saturated heterocycles. The summed E-state index contributed by atoms with van der Waals surface area (Å²) in [5.41, 5.74) is 7.17. The molecule has 5 heterocycles. The Balaban J connectivity index is 1.20. The van der Waals surface area contributed by atoms with E-state index in [1.165, 1.54) is 15.8 Å². The van der Waals surface area contributed by atoms with Crippen molar-refractivity contribution in [3.8, 4) is 11.1 Å². The fourth-order valence-electron chi connectivity index (χ4n) is 6.53. The van der Waals surface area contributed by atoms with Crippen LogP contribution in [0.2, 0.25) is 0 Å². The van der Waals surface area contributed by atoms with Crippen LogP contribution in [0.1, 0.15) is 40.2 Å². The molecular formula is C32H34N6O4. The van der Waals surface area contributed by atoms with E-state index in [-0.39, 0.29) is 24.2 Å². The molecule has 216 valence electrons. The summed E-state index contributed by atoms with van der Waals surface area (Å²) in [5.74, 6) is 0.474. The van der Waals surface area contributed by atoms with E-state index >= 15 is 0 Å². The largest absolute Gasteiger partial charge is 0.392 e. The third kappa shape index (κ3) is 4.47. The molecule has 7 rings (SSSR count). The normalized spacial score (nSPS) is 16.7. The minimum Gasteiger partial charge on any atom is -0.392 e. The lowest BCUT2D eigenvalue weighted by Gasteiger charge is -2.37. The topological polar surface area (TPSA) is 116 Å². The van der Waals surface area contributed by atoms with Crippen molar-refractivity contribution in [2.45, 2.75) is 44.9 Å². The molecule has 10 heteroatoms. The summed E-state index contributed by atoms with van der Waals surface area (Å²) >= 11 is 0. The molecule has 2 aliphatic heterocycles. The smallest absolute Gasteiger partial charge is 0.274 e. The molecule has 0 radical (unpaired) electrons. The lowest BCUT2D eigenvalue weighted by Crippen LogP contribution is -2.50. The molecule has 0 atom stereocenters. The number of carbonyl (C=O) groups is 1. The highest BCUT2D eigenvalue weighted by atomic mass is 16.3. The number of pyridine rings is 2. The van der Waals surface area contributed by atoms with Crippen molar-refractivity contribution in [2.24, 2.45) is 7.05 Å². The molecule has 1 aliphatic carbocycles. The van der Waals surface area contributed by atoms with E-state index in [2.05, 4.69) is 20.9 Å². The maximum absolute atomic E-state index is 13.8. The van der Waals surface area contributed by atoms with Gasteiger partial charge in [0.2, 0.25) is 0 Å². The number of fused-ring (bicyclic) bond motifs is 3. The molecule has 42 heavy (non-hydrogen) atoms. The van der Waals surface area contributed by atoms with Crippen LogP contribution >= 0.6 is 0 Å². The molecule has 0 unspecified atom stereocenters. The number of amides is 1. The lowest BCUT2D eigenvalue weighted by atomic mass is 9.98. The summed E-state index contributed by atoms with van der Waals surface area (Å²) in [4.78, 5) is 35.1. The highest BCUT2D eigenvalue weighted by Gasteiger charge is 2.31. The van der Waals surface area contributed by atoms with E-state index in [0.717, 1.165) is 54.7 Å². The quantitative estimate of drug-likeness (QED) is 0.328. The Morgan fingerprint density at radius 1 is 1.05 bits per heavy atom. The number of nitrogens with one attached hydrogen (secondary N) is 1. The number of anilines is 4. The van der Waals surface area contributed by atoms with E-state index in [1.807, 2.05) is 35.2 Å². The Bertz CT molecular complexity index is 1740. The Labute approximate surface area is 243 Å². The van der Waals surface area contributed by atoms with Gasteiger partial charge in [-0.2, -0.15) is 0 Å².